The lowest BCUT2D eigenvalue weighted by Gasteiger charge is -2.28. The Bertz CT molecular complexity index is 1300. The first-order chi connectivity index (χ1) is 28.4. The first kappa shape index (κ1) is 56.1. The fourth-order valence-electron chi connectivity index (χ4n) is 5.57. The summed E-state index contributed by atoms with van der Waals surface area (Å²) in [5, 5.41) is 0. The van der Waals surface area contributed by atoms with Crippen LogP contribution in [0.3, 0.4) is 0 Å². The second-order valence-corrected chi connectivity index (χ2v) is 17.5. The summed E-state index contributed by atoms with van der Waals surface area (Å²) in [7, 11) is 1.08. The van der Waals surface area contributed by atoms with Gasteiger partial charge in [0, 0.05) is 19.3 Å². The normalized spacial score (nSPS) is 14.1. The molecule has 0 aromatic rings. The predicted molar refractivity (Wildman–Crippen MR) is 241 cm³/mol. The number of nitrogens with zero attached hydrogens (tertiary/aromatic N) is 1. The Morgan fingerprint density at radius 2 is 1.08 bits per heavy atom. The summed E-state index contributed by atoms with van der Waals surface area (Å²) in [4.78, 5) is 49.3. The molecule has 0 N–H and O–H groups in total. The molecule has 0 spiro atoms. The van der Waals surface area contributed by atoms with Gasteiger partial charge in [0.2, 0.25) is 0 Å². The molecule has 0 aliphatic heterocycles. The number of unbranched alkanes of at least 4 members (excludes halogenated alkanes) is 13. The van der Waals surface area contributed by atoms with Crippen molar-refractivity contribution in [3.63, 3.8) is 0 Å². The Hall–Kier alpha value is -2.88. The Morgan fingerprint density at radius 3 is 1.71 bits per heavy atom. The lowest BCUT2D eigenvalue weighted by atomic mass is 10.1. The minimum atomic E-state index is -4.66. The van der Waals surface area contributed by atoms with Crippen LogP contribution < -0.4 is 4.89 Å². The number of carbonyl (C=O) groups is 3. The molecule has 11 heteroatoms. The third-order valence-corrected chi connectivity index (χ3v) is 10.1. The molecular weight excluding hydrogens is 765 g/mol. The number of phosphoric ester groups is 1. The van der Waals surface area contributed by atoms with Crippen LogP contribution in [0.2, 0.25) is 0 Å². The van der Waals surface area contributed by atoms with E-state index >= 15 is 0 Å². The lowest BCUT2D eigenvalue weighted by molar-refractivity contribution is -0.870. The van der Waals surface area contributed by atoms with Crippen LogP contribution in [0, 0.1) is 0 Å². The molecule has 0 radical (unpaired) electrons. The van der Waals surface area contributed by atoms with Crippen molar-refractivity contribution in [1.82, 2.24) is 0 Å². The first-order valence-electron chi connectivity index (χ1n) is 22.6. The van der Waals surface area contributed by atoms with Gasteiger partial charge in [-0.25, -0.2) is 0 Å². The summed E-state index contributed by atoms with van der Waals surface area (Å²) in [5.74, 6) is -0.785. The standard InChI is InChI=1S/C48H82NO9P/c1-6-8-10-11-12-13-14-15-16-17-18-19-22-25-28-31-35-39-47(51)55-43-46(44-57-59(53,54)56-42-41-49(3,4)5)58-48(52)40-36-32-29-26-23-20-21-24-27-30-34-38-45(50)37-33-9-7-2/h12-13,15-16,20-21,26-27,29-30,34,38,46H,6-11,14,17-19,22-25,28,31-33,35-37,39-44H2,1-5H3/b13-12-,16-15-,21-20-,29-26-,30-27-,38-34+/t46-/m1/s1. The van der Waals surface area contributed by atoms with E-state index in [9.17, 15) is 23.8 Å². The minimum Gasteiger partial charge on any atom is -0.756 e. The molecule has 1 unspecified atom stereocenters. The number of hydrogen-bond donors (Lipinski definition) is 0. The molecule has 0 saturated heterocycles. The summed E-state index contributed by atoms with van der Waals surface area (Å²) in [6.07, 6.45) is 44.9. The highest BCUT2D eigenvalue weighted by Crippen LogP contribution is 2.38. The number of ether oxygens (including phenoxy) is 2. The highest BCUT2D eigenvalue weighted by atomic mass is 31.2. The molecule has 0 heterocycles. The van der Waals surface area contributed by atoms with E-state index in [0.29, 0.717) is 36.7 Å². The maximum Gasteiger partial charge on any atom is 0.306 e. The van der Waals surface area contributed by atoms with Crippen molar-refractivity contribution >= 4 is 25.5 Å². The number of carbonyl (C=O) groups excluding carboxylic acids is 3. The molecule has 0 bridgehead atoms. The quantitative estimate of drug-likeness (QED) is 0.0113. The van der Waals surface area contributed by atoms with Gasteiger partial charge in [-0.2, -0.15) is 0 Å². The lowest BCUT2D eigenvalue weighted by Crippen LogP contribution is -2.37. The Balaban J connectivity index is 4.51. The predicted octanol–water partition coefficient (Wildman–Crippen LogP) is 11.6. The summed E-state index contributed by atoms with van der Waals surface area (Å²) in [5.41, 5.74) is 0. The summed E-state index contributed by atoms with van der Waals surface area (Å²) < 4.78 is 33.8. The van der Waals surface area contributed by atoms with E-state index in [1.54, 1.807) is 12.2 Å². The Morgan fingerprint density at radius 1 is 0.576 bits per heavy atom. The average molecular weight is 848 g/mol. The minimum absolute atomic E-state index is 0.0567. The number of phosphoric acid groups is 1. The largest absolute Gasteiger partial charge is 0.756 e. The van der Waals surface area contributed by atoms with Gasteiger partial charge in [0.25, 0.3) is 7.82 Å². The van der Waals surface area contributed by atoms with Gasteiger partial charge in [0.1, 0.15) is 19.8 Å². The van der Waals surface area contributed by atoms with Crippen LogP contribution in [-0.4, -0.2) is 75.8 Å². The maximum atomic E-state index is 12.7. The molecule has 0 saturated carbocycles. The number of hydrogen-bond acceptors (Lipinski definition) is 9. The molecule has 59 heavy (non-hydrogen) atoms. The van der Waals surface area contributed by atoms with Gasteiger partial charge >= 0.3 is 11.9 Å². The van der Waals surface area contributed by atoms with Crippen molar-refractivity contribution in [2.75, 3.05) is 47.5 Å². The molecule has 0 rings (SSSR count). The SMILES string of the molecule is CCCCC/C=C\C/C=C\CCCCCCCCCC(=O)OC[C@H](COP(=O)([O-])OCC[N+](C)(C)C)OC(=O)CCC/C=C\C/C=C\C/C=C\C=C\C(=O)CCCCC. The molecule has 0 fully saturated rings. The molecule has 10 nitrogen and oxygen atoms in total. The van der Waals surface area contributed by atoms with Crippen molar-refractivity contribution in [3.05, 3.63) is 72.9 Å². The van der Waals surface area contributed by atoms with E-state index in [0.717, 1.165) is 64.2 Å². The summed E-state index contributed by atoms with van der Waals surface area (Å²) in [6, 6.07) is 0. The van der Waals surface area contributed by atoms with Gasteiger partial charge in [0.15, 0.2) is 11.9 Å². The molecular formula is C48H82NO9P. The fraction of sp³-hybridized carbons (Fsp3) is 0.688. The van der Waals surface area contributed by atoms with Gasteiger partial charge in [0.05, 0.1) is 27.7 Å². The molecule has 0 aliphatic carbocycles. The van der Waals surface area contributed by atoms with Crippen molar-refractivity contribution in [1.29, 1.82) is 0 Å². The van der Waals surface area contributed by atoms with E-state index in [1.807, 2.05) is 45.4 Å². The van der Waals surface area contributed by atoms with E-state index < -0.39 is 32.5 Å². The average Bonchev–Trinajstić information content (AvgIpc) is 3.18. The van der Waals surface area contributed by atoms with Gasteiger partial charge in [-0.1, -0.05) is 138 Å². The molecule has 2 atom stereocenters. The van der Waals surface area contributed by atoms with Crippen molar-refractivity contribution in [2.45, 2.75) is 168 Å². The number of rotatable bonds is 40. The number of quaternary nitrogens is 1. The van der Waals surface area contributed by atoms with Crippen LogP contribution in [0.4, 0.5) is 0 Å². The number of esters is 2. The van der Waals surface area contributed by atoms with Gasteiger partial charge < -0.3 is 27.9 Å². The van der Waals surface area contributed by atoms with E-state index in [-0.39, 0.29) is 31.8 Å². The van der Waals surface area contributed by atoms with Crippen LogP contribution in [-0.2, 0) is 37.5 Å². The first-order valence-corrected chi connectivity index (χ1v) is 24.1. The third-order valence-electron chi connectivity index (χ3n) is 9.18. The molecule has 0 aliphatic rings. The maximum absolute atomic E-state index is 12.7. The van der Waals surface area contributed by atoms with Crippen LogP contribution in [0.15, 0.2) is 72.9 Å². The van der Waals surface area contributed by atoms with Crippen LogP contribution in [0.1, 0.15) is 162 Å². The zero-order valence-corrected chi connectivity index (χ0v) is 38.6. The van der Waals surface area contributed by atoms with Crippen molar-refractivity contribution < 1.29 is 46.8 Å². The van der Waals surface area contributed by atoms with E-state index in [2.05, 4.69) is 50.3 Å². The Kier molecular flexibility index (Phi) is 37.4. The van der Waals surface area contributed by atoms with Crippen molar-refractivity contribution in [2.24, 2.45) is 0 Å². The van der Waals surface area contributed by atoms with Crippen LogP contribution >= 0.6 is 7.82 Å². The number of allylic oxidation sites excluding steroid dienone is 12. The molecule has 0 aromatic heterocycles. The smallest absolute Gasteiger partial charge is 0.306 e. The zero-order chi connectivity index (χ0) is 43.7. The molecule has 0 amide bonds. The van der Waals surface area contributed by atoms with Gasteiger partial charge in [-0.05, 0) is 76.7 Å². The monoisotopic (exact) mass is 848 g/mol. The zero-order valence-electron chi connectivity index (χ0n) is 37.7. The molecule has 338 valence electrons. The highest BCUT2D eigenvalue weighted by Gasteiger charge is 2.21. The van der Waals surface area contributed by atoms with Gasteiger partial charge in [-0.15, -0.1) is 0 Å². The van der Waals surface area contributed by atoms with Crippen LogP contribution in [0.25, 0.3) is 0 Å². The third kappa shape index (κ3) is 43.0. The summed E-state index contributed by atoms with van der Waals surface area (Å²) in [6.45, 7) is 3.93. The van der Waals surface area contributed by atoms with E-state index in [1.165, 1.54) is 44.9 Å². The van der Waals surface area contributed by atoms with E-state index in [4.69, 9.17) is 18.5 Å². The summed E-state index contributed by atoms with van der Waals surface area (Å²) >= 11 is 0. The van der Waals surface area contributed by atoms with Crippen molar-refractivity contribution in [3.8, 4) is 0 Å². The topological polar surface area (TPSA) is 128 Å². The number of likely N-dealkylation sites (N-methyl/N-ethyl adjacent to an activating group) is 1. The second-order valence-electron chi connectivity index (χ2n) is 16.1. The highest BCUT2D eigenvalue weighted by molar-refractivity contribution is 7.45. The molecule has 0 aromatic carbocycles. The second kappa shape index (κ2) is 39.3. The Labute approximate surface area is 359 Å². The fourth-order valence-corrected chi connectivity index (χ4v) is 6.30. The number of ketones is 1. The van der Waals surface area contributed by atoms with Gasteiger partial charge in [-0.3, -0.25) is 18.9 Å². The van der Waals surface area contributed by atoms with Crippen LogP contribution in [0.5, 0.6) is 0 Å².